The predicted molar refractivity (Wildman–Crippen MR) is 94.2 cm³/mol. The number of aryl methyl sites for hydroxylation is 2. The summed E-state index contributed by atoms with van der Waals surface area (Å²) in [6, 6.07) is 14.1. The lowest BCUT2D eigenvalue weighted by Crippen LogP contribution is -2.24. The molecule has 1 heterocycles. The first-order valence-corrected chi connectivity index (χ1v) is 8.04. The van der Waals surface area contributed by atoms with Crippen LogP contribution in [0.3, 0.4) is 0 Å². The Kier molecular flexibility index (Phi) is 4.76. The van der Waals surface area contributed by atoms with Crippen molar-refractivity contribution in [3.05, 3.63) is 76.0 Å². The summed E-state index contributed by atoms with van der Waals surface area (Å²) in [5.74, 6) is -1.34. The number of cyclic esters (lactones) is 1. The maximum absolute atomic E-state index is 12.2. The van der Waals surface area contributed by atoms with Crippen molar-refractivity contribution in [1.29, 1.82) is 0 Å². The van der Waals surface area contributed by atoms with Gasteiger partial charge in [-0.05, 0) is 49.2 Å². The monoisotopic (exact) mass is 357 g/mol. The molecular weight excluding hydrogens is 342 g/mol. The smallest absolute Gasteiger partial charge is 0.355 e. The van der Waals surface area contributed by atoms with Crippen molar-refractivity contribution in [2.75, 3.05) is 5.32 Å². The van der Waals surface area contributed by atoms with Crippen molar-refractivity contribution in [3.8, 4) is 0 Å². The predicted octanol–water partition coefficient (Wildman–Crippen LogP) is 3.91. The third-order valence-corrected chi connectivity index (χ3v) is 4.23. The lowest BCUT2D eigenvalue weighted by Gasteiger charge is -2.17. The van der Waals surface area contributed by atoms with Gasteiger partial charge in [-0.1, -0.05) is 35.9 Å². The maximum atomic E-state index is 12.2. The normalized spacial score (nSPS) is 16.6. The lowest BCUT2D eigenvalue weighted by atomic mass is 10.1. The summed E-state index contributed by atoms with van der Waals surface area (Å²) in [7, 11) is 0. The van der Waals surface area contributed by atoms with Crippen molar-refractivity contribution in [1.82, 2.24) is 0 Å². The summed E-state index contributed by atoms with van der Waals surface area (Å²) in [5, 5.41) is 2.89. The second-order valence-corrected chi connectivity index (χ2v) is 6.04. The van der Waals surface area contributed by atoms with E-state index in [1.165, 1.54) is 0 Å². The van der Waals surface area contributed by atoms with Crippen LogP contribution in [0.25, 0.3) is 0 Å². The first-order chi connectivity index (χ1) is 12.0. The van der Waals surface area contributed by atoms with E-state index in [2.05, 4.69) is 5.32 Å². The number of carbonyl (C=O) groups excluding carboxylic acids is 2. The zero-order valence-corrected chi connectivity index (χ0v) is 14.5. The highest BCUT2D eigenvalue weighted by atomic mass is 35.5. The second kappa shape index (κ2) is 6.99. The summed E-state index contributed by atoms with van der Waals surface area (Å²) in [4.78, 5) is 24.0. The third kappa shape index (κ3) is 3.67. The average Bonchev–Trinajstić information content (AvgIpc) is 2.86. The van der Waals surface area contributed by atoms with Crippen LogP contribution in [0.5, 0.6) is 0 Å². The van der Waals surface area contributed by atoms with Crippen molar-refractivity contribution >= 4 is 29.2 Å². The molecule has 2 aromatic carbocycles. The molecule has 1 unspecified atom stereocenters. The van der Waals surface area contributed by atoms with Gasteiger partial charge in [-0.2, -0.15) is 0 Å². The van der Waals surface area contributed by atoms with Crippen LogP contribution in [0.4, 0.5) is 5.69 Å². The van der Waals surface area contributed by atoms with E-state index in [1.807, 2.05) is 32.0 Å². The molecule has 0 radical (unpaired) electrons. The Bertz CT molecular complexity index is 861. The van der Waals surface area contributed by atoms with Gasteiger partial charge in [-0.3, -0.25) is 0 Å². The van der Waals surface area contributed by atoms with E-state index in [-0.39, 0.29) is 10.7 Å². The van der Waals surface area contributed by atoms with E-state index in [0.717, 1.165) is 16.8 Å². The van der Waals surface area contributed by atoms with Crippen LogP contribution >= 0.6 is 11.6 Å². The largest absolute Gasteiger partial charge is 0.415 e. The molecule has 128 valence electrons. The Morgan fingerprint density at radius 1 is 1.12 bits per heavy atom. The highest BCUT2D eigenvalue weighted by molar-refractivity contribution is 6.42. The molecule has 0 saturated carbocycles. The van der Waals surface area contributed by atoms with Gasteiger partial charge in [0.05, 0.1) is 5.56 Å². The number of rotatable bonds is 4. The Morgan fingerprint density at radius 3 is 2.52 bits per heavy atom. The first-order valence-electron chi connectivity index (χ1n) is 7.66. The van der Waals surface area contributed by atoms with E-state index < -0.39 is 18.2 Å². The summed E-state index contributed by atoms with van der Waals surface area (Å²) in [5.41, 5.74) is 3.49. The van der Waals surface area contributed by atoms with Gasteiger partial charge >= 0.3 is 11.9 Å². The van der Waals surface area contributed by atoms with Gasteiger partial charge in [0, 0.05) is 5.69 Å². The molecule has 0 amide bonds. The molecule has 1 N–H and O–H groups in total. The number of halogens is 1. The summed E-state index contributed by atoms with van der Waals surface area (Å²) < 4.78 is 10.3. The Morgan fingerprint density at radius 2 is 1.84 bits per heavy atom. The van der Waals surface area contributed by atoms with Gasteiger partial charge in [0.2, 0.25) is 0 Å². The van der Waals surface area contributed by atoms with Gasteiger partial charge in [-0.15, -0.1) is 0 Å². The third-order valence-electron chi connectivity index (χ3n) is 3.87. The Hall–Kier alpha value is -2.79. The van der Waals surface area contributed by atoms with Crippen molar-refractivity contribution in [2.24, 2.45) is 0 Å². The highest BCUT2D eigenvalue weighted by Gasteiger charge is 2.36. The number of benzene rings is 2. The van der Waals surface area contributed by atoms with Gasteiger partial charge in [0.1, 0.15) is 5.70 Å². The topological polar surface area (TPSA) is 64.6 Å². The van der Waals surface area contributed by atoms with E-state index in [4.69, 9.17) is 21.1 Å². The van der Waals surface area contributed by atoms with Crippen LogP contribution in [-0.4, -0.2) is 18.2 Å². The minimum absolute atomic E-state index is 0.135. The fraction of sp³-hybridized carbons (Fsp3) is 0.158. The van der Waals surface area contributed by atoms with E-state index in [9.17, 15) is 9.59 Å². The minimum atomic E-state index is -1.21. The van der Waals surface area contributed by atoms with Crippen molar-refractivity contribution < 1.29 is 19.1 Å². The number of nitrogens with one attached hydrogen (secondary N) is 1. The number of hydrogen-bond donors (Lipinski definition) is 1. The van der Waals surface area contributed by atoms with Crippen LogP contribution in [0.2, 0.25) is 0 Å². The maximum Gasteiger partial charge on any atom is 0.355 e. The fourth-order valence-corrected chi connectivity index (χ4v) is 2.51. The number of hydrogen-bond acceptors (Lipinski definition) is 5. The molecule has 6 heteroatoms. The Balaban J connectivity index is 1.81. The van der Waals surface area contributed by atoms with E-state index in [0.29, 0.717) is 5.56 Å². The second-order valence-electron chi connectivity index (χ2n) is 5.66. The van der Waals surface area contributed by atoms with Crippen LogP contribution in [0.15, 0.2) is 59.3 Å². The molecule has 1 aliphatic rings. The number of carbonyl (C=O) groups is 2. The van der Waals surface area contributed by atoms with Crippen LogP contribution < -0.4 is 5.32 Å². The molecule has 3 rings (SSSR count). The molecule has 0 aromatic heterocycles. The molecule has 25 heavy (non-hydrogen) atoms. The molecule has 0 bridgehead atoms. The standard InChI is InChI=1S/C19H16ClNO4/c1-11-8-9-14(10-12(11)2)21-16-15(20)18(23)25-19(16)24-17(22)13-6-4-3-5-7-13/h3-10,19,21H,1-2H3. The van der Waals surface area contributed by atoms with E-state index >= 15 is 0 Å². The number of anilines is 1. The van der Waals surface area contributed by atoms with Gasteiger partial charge in [0.25, 0.3) is 6.29 Å². The highest BCUT2D eigenvalue weighted by Crippen LogP contribution is 2.29. The average molecular weight is 358 g/mol. The minimum Gasteiger partial charge on any atom is -0.415 e. The molecule has 1 aliphatic heterocycles. The van der Waals surface area contributed by atoms with Crippen molar-refractivity contribution in [2.45, 2.75) is 20.1 Å². The Labute approximate surface area is 150 Å². The fourth-order valence-electron chi connectivity index (χ4n) is 2.33. The SMILES string of the molecule is Cc1ccc(NC2=C(Cl)C(=O)OC2OC(=O)c2ccccc2)cc1C. The molecule has 0 fully saturated rings. The van der Waals surface area contributed by atoms with Gasteiger partial charge in [-0.25, -0.2) is 9.59 Å². The molecular formula is C19H16ClNO4. The van der Waals surface area contributed by atoms with Gasteiger partial charge in [0.15, 0.2) is 5.03 Å². The molecule has 0 aliphatic carbocycles. The molecule has 0 spiro atoms. The number of ether oxygens (including phenoxy) is 2. The van der Waals surface area contributed by atoms with Crippen LogP contribution in [0.1, 0.15) is 21.5 Å². The summed E-state index contributed by atoms with van der Waals surface area (Å²) >= 11 is 6.03. The van der Waals surface area contributed by atoms with Gasteiger partial charge < -0.3 is 14.8 Å². The zero-order chi connectivity index (χ0) is 18.0. The molecule has 2 aromatic rings. The molecule has 0 saturated heterocycles. The van der Waals surface area contributed by atoms with Crippen molar-refractivity contribution in [3.63, 3.8) is 0 Å². The van der Waals surface area contributed by atoms with Crippen LogP contribution in [-0.2, 0) is 14.3 Å². The molecule has 1 atom stereocenters. The first kappa shape index (κ1) is 17.0. The van der Waals surface area contributed by atoms with Crippen LogP contribution in [0, 0.1) is 13.8 Å². The molecule has 5 nitrogen and oxygen atoms in total. The summed E-state index contributed by atoms with van der Waals surface area (Å²) in [6.07, 6.45) is -1.21. The lowest BCUT2D eigenvalue weighted by molar-refractivity contribution is -0.152. The quantitative estimate of drug-likeness (QED) is 0.840. The summed E-state index contributed by atoms with van der Waals surface area (Å²) in [6.45, 7) is 3.97. The zero-order valence-electron chi connectivity index (χ0n) is 13.7. The van der Waals surface area contributed by atoms with E-state index in [1.54, 1.807) is 30.3 Å². The number of esters is 2.